The van der Waals surface area contributed by atoms with E-state index in [1.807, 2.05) is 0 Å². The molecule has 2 aromatic rings. The fraction of sp³-hybridized carbons (Fsp3) is 0.348. The molecule has 0 fully saturated rings. The van der Waals surface area contributed by atoms with Gasteiger partial charge in [-0.3, -0.25) is 4.79 Å². The zero-order chi connectivity index (χ0) is 22.3. The Morgan fingerprint density at radius 3 is 2.68 bits per heavy atom. The molecule has 0 unspecified atom stereocenters. The fourth-order valence-electron chi connectivity index (χ4n) is 3.45. The van der Waals surface area contributed by atoms with Crippen LogP contribution in [0.1, 0.15) is 49.4 Å². The van der Waals surface area contributed by atoms with Gasteiger partial charge in [-0.2, -0.15) is 0 Å². The number of carbonyl (C=O) groups excluding carboxylic acids is 1. The molecule has 0 spiro atoms. The van der Waals surface area contributed by atoms with Gasteiger partial charge in [-0.1, -0.05) is 23.8 Å². The molecule has 0 radical (unpaired) electrons. The van der Waals surface area contributed by atoms with Gasteiger partial charge in [0.05, 0.1) is 22.8 Å². The largest absolute Gasteiger partial charge is 0.492 e. The summed E-state index contributed by atoms with van der Waals surface area (Å²) < 4.78 is 47.6. The molecule has 0 aliphatic heterocycles. The Bertz CT molecular complexity index is 1070. The number of rotatable bonds is 9. The number of anilines is 1. The minimum Gasteiger partial charge on any atom is -0.492 e. The molecule has 166 valence electrons. The van der Waals surface area contributed by atoms with Crippen LogP contribution in [0.2, 0.25) is 0 Å². The molecule has 1 aliphatic rings. The van der Waals surface area contributed by atoms with E-state index in [4.69, 9.17) is 4.74 Å². The van der Waals surface area contributed by atoms with Gasteiger partial charge in [-0.05, 0) is 69.4 Å². The van der Waals surface area contributed by atoms with Crippen LogP contribution in [0.5, 0.6) is 5.75 Å². The molecule has 2 aromatic carbocycles. The molecule has 0 atom stereocenters. The predicted octanol–water partition coefficient (Wildman–Crippen LogP) is 4.65. The third-order valence-electron chi connectivity index (χ3n) is 5.05. The maximum absolute atomic E-state index is 14.0. The van der Waals surface area contributed by atoms with Gasteiger partial charge in [0, 0.05) is 6.54 Å². The number of benzene rings is 2. The molecule has 0 aromatic heterocycles. The van der Waals surface area contributed by atoms with E-state index in [2.05, 4.69) is 16.1 Å². The Labute approximate surface area is 182 Å². The summed E-state index contributed by atoms with van der Waals surface area (Å²) in [5.41, 5.74) is 1.29. The van der Waals surface area contributed by atoms with E-state index in [0.717, 1.165) is 19.3 Å². The summed E-state index contributed by atoms with van der Waals surface area (Å²) in [6.45, 7) is 2.40. The van der Waals surface area contributed by atoms with E-state index in [1.165, 1.54) is 48.4 Å². The van der Waals surface area contributed by atoms with E-state index < -0.39 is 21.7 Å². The standard InChI is InChI=1S/C23H27FN2O4S/c1-2-30-22-13-12-18(31(28,29)25-15-14-17-8-4-3-5-9-17)16-21(22)26-23(27)19-10-6-7-11-20(19)24/h6-8,10-13,16,25H,2-5,9,14-15H2,1H3,(H,26,27). The summed E-state index contributed by atoms with van der Waals surface area (Å²) in [5, 5.41) is 2.57. The van der Waals surface area contributed by atoms with Crippen molar-refractivity contribution >= 4 is 21.6 Å². The lowest BCUT2D eigenvalue weighted by atomic mass is 9.97. The Balaban J connectivity index is 1.77. The van der Waals surface area contributed by atoms with Crippen molar-refractivity contribution in [2.75, 3.05) is 18.5 Å². The van der Waals surface area contributed by atoms with Crippen LogP contribution in [-0.4, -0.2) is 27.5 Å². The average molecular weight is 447 g/mol. The first-order valence-electron chi connectivity index (χ1n) is 10.4. The number of hydrogen-bond acceptors (Lipinski definition) is 4. The number of sulfonamides is 1. The molecule has 1 amide bonds. The summed E-state index contributed by atoms with van der Waals surface area (Å²) >= 11 is 0. The minimum absolute atomic E-state index is 0.00240. The summed E-state index contributed by atoms with van der Waals surface area (Å²) in [6, 6.07) is 9.81. The minimum atomic E-state index is -3.78. The number of amides is 1. The molecule has 0 saturated heterocycles. The Morgan fingerprint density at radius 2 is 1.97 bits per heavy atom. The van der Waals surface area contributed by atoms with Crippen molar-refractivity contribution in [2.24, 2.45) is 0 Å². The SMILES string of the molecule is CCOc1ccc(S(=O)(=O)NCCC2=CCCCC2)cc1NC(=O)c1ccccc1F. The normalized spacial score (nSPS) is 14.1. The maximum atomic E-state index is 14.0. The van der Waals surface area contributed by atoms with Gasteiger partial charge < -0.3 is 10.1 Å². The Kier molecular flexibility index (Phi) is 7.81. The van der Waals surface area contributed by atoms with Crippen LogP contribution in [0.15, 0.2) is 59.0 Å². The maximum Gasteiger partial charge on any atom is 0.258 e. The molecule has 31 heavy (non-hydrogen) atoms. The lowest BCUT2D eigenvalue weighted by Crippen LogP contribution is -2.25. The zero-order valence-corrected chi connectivity index (χ0v) is 18.3. The van der Waals surface area contributed by atoms with Gasteiger partial charge >= 0.3 is 0 Å². The van der Waals surface area contributed by atoms with E-state index in [9.17, 15) is 17.6 Å². The smallest absolute Gasteiger partial charge is 0.258 e. The molecular formula is C23H27FN2O4S. The molecule has 0 bridgehead atoms. The monoisotopic (exact) mass is 446 g/mol. The van der Waals surface area contributed by atoms with Crippen molar-refractivity contribution in [1.82, 2.24) is 4.72 Å². The molecular weight excluding hydrogens is 419 g/mol. The highest BCUT2D eigenvalue weighted by molar-refractivity contribution is 7.89. The van der Waals surface area contributed by atoms with Crippen molar-refractivity contribution in [2.45, 2.75) is 43.9 Å². The molecule has 8 heteroatoms. The van der Waals surface area contributed by atoms with E-state index in [-0.39, 0.29) is 16.1 Å². The van der Waals surface area contributed by atoms with Crippen LogP contribution in [0.3, 0.4) is 0 Å². The van der Waals surface area contributed by atoms with Crippen LogP contribution in [-0.2, 0) is 10.0 Å². The Hall–Kier alpha value is -2.71. The van der Waals surface area contributed by atoms with Crippen molar-refractivity contribution in [3.8, 4) is 5.75 Å². The first-order chi connectivity index (χ1) is 14.9. The number of halogens is 1. The third kappa shape index (κ3) is 6.15. The second-order valence-electron chi connectivity index (χ2n) is 7.28. The second-order valence-corrected chi connectivity index (χ2v) is 9.05. The second kappa shape index (κ2) is 10.5. The van der Waals surface area contributed by atoms with E-state index >= 15 is 0 Å². The zero-order valence-electron chi connectivity index (χ0n) is 17.5. The van der Waals surface area contributed by atoms with Crippen molar-refractivity contribution in [3.05, 3.63) is 65.5 Å². The first-order valence-corrected chi connectivity index (χ1v) is 11.9. The number of nitrogens with one attached hydrogen (secondary N) is 2. The van der Waals surface area contributed by atoms with Gasteiger partial charge in [-0.25, -0.2) is 17.5 Å². The average Bonchev–Trinajstić information content (AvgIpc) is 2.76. The van der Waals surface area contributed by atoms with Gasteiger partial charge in [-0.15, -0.1) is 0 Å². The molecule has 0 heterocycles. The highest BCUT2D eigenvalue weighted by atomic mass is 32.2. The molecule has 3 rings (SSSR count). The summed E-state index contributed by atoms with van der Waals surface area (Å²) in [5.74, 6) is -1.05. The summed E-state index contributed by atoms with van der Waals surface area (Å²) in [6.07, 6.45) is 7.24. The van der Waals surface area contributed by atoms with Crippen molar-refractivity contribution in [1.29, 1.82) is 0 Å². The highest BCUT2D eigenvalue weighted by Gasteiger charge is 2.19. The van der Waals surface area contributed by atoms with Crippen LogP contribution < -0.4 is 14.8 Å². The third-order valence-corrected chi connectivity index (χ3v) is 6.51. The Morgan fingerprint density at radius 1 is 1.16 bits per heavy atom. The number of ether oxygens (including phenoxy) is 1. The van der Waals surface area contributed by atoms with Crippen LogP contribution in [0.4, 0.5) is 10.1 Å². The van der Waals surface area contributed by atoms with Crippen LogP contribution in [0, 0.1) is 5.82 Å². The van der Waals surface area contributed by atoms with Crippen molar-refractivity contribution < 1.29 is 22.3 Å². The van der Waals surface area contributed by atoms with Crippen LogP contribution >= 0.6 is 0 Å². The van der Waals surface area contributed by atoms with Gasteiger partial charge in [0.15, 0.2) is 0 Å². The lowest BCUT2D eigenvalue weighted by Gasteiger charge is -2.15. The predicted molar refractivity (Wildman–Crippen MR) is 118 cm³/mol. The quantitative estimate of drug-likeness (QED) is 0.550. The number of carbonyl (C=O) groups is 1. The number of allylic oxidation sites excluding steroid dienone is 1. The van der Waals surface area contributed by atoms with Crippen LogP contribution in [0.25, 0.3) is 0 Å². The topological polar surface area (TPSA) is 84.5 Å². The molecule has 2 N–H and O–H groups in total. The van der Waals surface area contributed by atoms with Crippen molar-refractivity contribution in [3.63, 3.8) is 0 Å². The fourth-order valence-corrected chi connectivity index (χ4v) is 4.51. The molecule has 0 saturated carbocycles. The molecule has 1 aliphatic carbocycles. The van der Waals surface area contributed by atoms with E-state index in [1.54, 1.807) is 13.0 Å². The first kappa shape index (κ1) is 23.0. The lowest BCUT2D eigenvalue weighted by molar-refractivity contribution is 0.102. The summed E-state index contributed by atoms with van der Waals surface area (Å²) in [4.78, 5) is 12.5. The van der Waals surface area contributed by atoms with Gasteiger partial charge in [0.1, 0.15) is 11.6 Å². The van der Waals surface area contributed by atoms with E-state index in [0.29, 0.717) is 25.3 Å². The number of hydrogen-bond donors (Lipinski definition) is 2. The highest BCUT2D eigenvalue weighted by Crippen LogP contribution is 2.29. The van der Waals surface area contributed by atoms with Gasteiger partial charge in [0.2, 0.25) is 10.0 Å². The molecule has 6 nitrogen and oxygen atoms in total. The summed E-state index contributed by atoms with van der Waals surface area (Å²) in [7, 11) is -3.78. The van der Waals surface area contributed by atoms with Gasteiger partial charge in [0.25, 0.3) is 5.91 Å².